The van der Waals surface area contributed by atoms with Crippen LogP contribution in [0.1, 0.15) is 65.2 Å². The Morgan fingerprint density at radius 2 is 1.96 bits per heavy atom. The van der Waals surface area contributed by atoms with Crippen LogP contribution in [0.15, 0.2) is 11.6 Å². The van der Waals surface area contributed by atoms with Crippen molar-refractivity contribution >= 4 is 5.97 Å². The second kappa shape index (κ2) is 5.33. The van der Waals surface area contributed by atoms with E-state index in [4.69, 9.17) is 4.74 Å². The molecule has 5 aliphatic carbocycles. The molecular weight excluding hydrogens is 300 g/mol. The number of esters is 1. The van der Waals surface area contributed by atoms with Gasteiger partial charge < -0.3 is 9.84 Å². The van der Waals surface area contributed by atoms with Crippen molar-refractivity contribution in [2.24, 2.45) is 34.0 Å². The van der Waals surface area contributed by atoms with Gasteiger partial charge in [-0.2, -0.15) is 0 Å². The quantitative estimate of drug-likeness (QED) is 0.612. The first-order valence-corrected chi connectivity index (χ1v) is 9.80. The van der Waals surface area contributed by atoms with Crippen molar-refractivity contribution in [1.82, 2.24) is 0 Å². The molecule has 0 amide bonds. The van der Waals surface area contributed by atoms with Crippen LogP contribution in [-0.4, -0.2) is 24.8 Å². The van der Waals surface area contributed by atoms with Crippen molar-refractivity contribution in [3.8, 4) is 0 Å². The maximum Gasteiger partial charge on any atom is 0.311 e. The van der Waals surface area contributed by atoms with Gasteiger partial charge in [0.1, 0.15) is 0 Å². The van der Waals surface area contributed by atoms with E-state index in [0.29, 0.717) is 17.8 Å². The van der Waals surface area contributed by atoms with Gasteiger partial charge in [-0.25, -0.2) is 0 Å². The zero-order chi connectivity index (χ0) is 17.2. The summed E-state index contributed by atoms with van der Waals surface area (Å²) < 4.78 is 5.23. The Kier molecular flexibility index (Phi) is 3.69. The van der Waals surface area contributed by atoms with Crippen LogP contribution >= 0.6 is 0 Å². The van der Waals surface area contributed by atoms with Gasteiger partial charge >= 0.3 is 5.97 Å². The molecule has 0 aromatic carbocycles. The molecule has 0 aliphatic heterocycles. The molecule has 0 heterocycles. The first kappa shape index (κ1) is 16.6. The van der Waals surface area contributed by atoms with Crippen LogP contribution in [-0.2, 0) is 9.53 Å². The summed E-state index contributed by atoms with van der Waals surface area (Å²) in [5.41, 5.74) is 1.50. The normalized spacial score (nSPS) is 49.8. The van der Waals surface area contributed by atoms with Gasteiger partial charge in [0, 0.05) is 0 Å². The average molecular weight is 332 g/mol. The van der Waals surface area contributed by atoms with Crippen LogP contribution in [0.5, 0.6) is 0 Å². The molecular formula is C21H32O3. The summed E-state index contributed by atoms with van der Waals surface area (Å²) >= 11 is 0. The van der Waals surface area contributed by atoms with Gasteiger partial charge in [-0.15, -0.1) is 0 Å². The fourth-order valence-corrected chi connectivity index (χ4v) is 7.59. The van der Waals surface area contributed by atoms with Crippen molar-refractivity contribution in [2.45, 2.75) is 65.2 Å². The Morgan fingerprint density at radius 3 is 2.67 bits per heavy atom. The summed E-state index contributed by atoms with van der Waals surface area (Å²) in [6.07, 6.45) is 11.9. The van der Waals surface area contributed by atoms with Crippen molar-refractivity contribution in [3.63, 3.8) is 0 Å². The van der Waals surface area contributed by atoms with Crippen molar-refractivity contribution in [2.75, 3.05) is 13.7 Å². The second-order valence-corrected chi connectivity index (χ2v) is 9.49. The van der Waals surface area contributed by atoms with Crippen LogP contribution < -0.4 is 0 Å². The van der Waals surface area contributed by atoms with Crippen LogP contribution in [0.25, 0.3) is 0 Å². The third kappa shape index (κ3) is 1.97. The van der Waals surface area contributed by atoms with E-state index in [2.05, 4.69) is 19.9 Å². The lowest BCUT2D eigenvalue weighted by molar-refractivity contribution is -0.183. The SMILES string of the molecule is COC(=O)C1(C)CCCC2(C)C3CC4CCC3(C=C4CO)CCC12. The van der Waals surface area contributed by atoms with E-state index in [9.17, 15) is 9.90 Å². The van der Waals surface area contributed by atoms with Crippen molar-refractivity contribution in [3.05, 3.63) is 11.6 Å². The van der Waals surface area contributed by atoms with E-state index >= 15 is 0 Å². The highest BCUT2D eigenvalue weighted by atomic mass is 16.5. The number of hydrogen-bond donors (Lipinski definition) is 1. The zero-order valence-corrected chi connectivity index (χ0v) is 15.4. The Morgan fingerprint density at radius 1 is 1.21 bits per heavy atom. The molecule has 134 valence electrons. The highest BCUT2D eigenvalue weighted by Crippen LogP contribution is 2.70. The Balaban J connectivity index is 1.74. The number of aliphatic hydroxyl groups is 1. The average Bonchev–Trinajstić information content (AvgIpc) is 2.60. The van der Waals surface area contributed by atoms with Crippen molar-refractivity contribution in [1.29, 1.82) is 0 Å². The molecule has 3 fully saturated rings. The molecule has 5 aliphatic rings. The van der Waals surface area contributed by atoms with Gasteiger partial charge in [0.2, 0.25) is 0 Å². The fourth-order valence-electron chi connectivity index (χ4n) is 7.59. The lowest BCUT2D eigenvalue weighted by atomic mass is 9.38. The van der Waals surface area contributed by atoms with Crippen molar-refractivity contribution < 1.29 is 14.6 Å². The largest absolute Gasteiger partial charge is 0.469 e. The lowest BCUT2D eigenvalue weighted by Gasteiger charge is -2.66. The number of methoxy groups -OCH3 is 1. The number of carbonyl (C=O) groups is 1. The van der Waals surface area contributed by atoms with Crippen LogP contribution in [0.3, 0.4) is 0 Å². The topological polar surface area (TPSA) is 46.5 Å². The second-order valence-electron chi connectivity index (χ2n) is 9.49. The molecule has 6 atom stereocenters. The molecule has 1 spiro atoms. The number of fused-ring (bicyclic) bond motifs is 2. The smallest absolute Gasteiger partial charge is 0.311 e. The highest BCUT2D eigenvalue weighted by molar-refractivity contribution is 5.77. The van der Waals surface area contributed by atoms with Crippen LogP contribution in [0.4, 0.5) is 0 Å². The molecule has 0 aromatic rings. The van der Waals surface area contributed by atoms with Gasteiger partial charge in [0.15, 0.2) is 0 Å². The standard InChI is InChI=1S/C21H32O3/c1-19-7-4-8-20(2,18(23)24-3)16(19)6-10-21-9-5-14(11-17(19)21)15(12-21)13-22/h12,14,16-17,22H,4-11,13H2,1-3H3. The summed E-state index contributed by atoms with van der Waals surface area (Å²) in [5, 5.41) is 9.75. The zero-order valence-electron chi connectivity index (χ0n) is 15.4. The van der Waals surface area contributed by atoms with Gasteiger partial charge in [-0.1, -0.05) is 19.4 Å². The maximum atomic E-state index is 12.6. The van der Waals surface area contributed by atoms with Gasteiger partial charge in [-0.05, 0) is 86.0 Å². The van der Waals surface area contributed by atoms with E-state index in [0.717, 1.165) is 19.3 Å². The van der Waals surface area contributed by atoms with E-state index < -0.39 is 0 Å². The molecule has 6 unspecified atom stereocenters. The lowest BCUT2D eigenvalue weighted by Crippen LogP contribution is -2.60. The summed E-state index contributed by atoms with van der Waals surface area (Å²) in [7, 11) is 1.54. The van der Waals surface area contributed by atoms with Gasteiger partial charge in [0.05, 0.1) is 19.1 Å². The first-order valence-electron chi connectivity index (χ1n) is 9.80. The number of carbonyl (C=O) groups excluding carboxylic acids is 1. The summed E-state index contributed by atoms with van der Waals surface area (Å²) in [4.78, 5) is 12.6. The number of aliphatic hydroxyl groups excluding tert-OH is 1. The van der Waals surface area contributed by atoms with E-state index in [1.54, 1.807) is 7.11 Å². The van der Waals surface area contributed by atoms with E-state index in [1.165, 1.54) is 37.7 Å². The third-order valence-corrected chi connectivity index (χ3v) is 8.68. The number of ether oxygens (including phenoxy) is 1. The highest BCUT2D eigenvalue weighted by Gasteiger charge is 2.64. The Hall–Kier alpha value is -0.830. The van der Waals surface area contributed by atoms with Crippen LogP contribution in [0.2, 0.25) is 0 Å². The van der Waals surface area contributed by atoms with E-state index in [1.807, 2.05) is 0 Å². The molecule has 0 radical (unpaired) electrons. The Bertz CT molecular complexity index is 582. The van der Waals surface area contributed by atoms with E-state index in [-0.39, 0.29) is 28.8 Å². The predicted molar refractivity (Wildman–Crippen MR) is 93.2 cm³/mol. The minimum Gasteiger partial charge on any atom is -0.469 e. The molecule has 1 N–H and O–H groups in total. The molecule has 2 bridgehead atoms. The predicted octanol–water partition coefficient (Wildman–Crippen LogP) is 4.10. The maximum absolute atomic E-state index is 12.6. The minimum atomic E-state index is -0.316. The molecule has 0 aromatic heterocycles. The first-order chi connectivity index (χ1) is 11.4. The number of allylic oxidation sites excluding steroid dienone is 1. The number of rotatable bonds is 2. The summed E-state index contributed by atoms with van der Waals surface area (Å²) in [5.74, 6) is 1.68. The van der Waals surface area contributed by atoms with Gasteiger partial charge in [-0.3, -0.25) is 4.79 Å². The molecule has 0 saturated heterocycles. The molecule has 3 heteroatoms. The summed E-state index contributed by atoms with van der Waals surface area (Å²) in [6.45, 7) is 4.87. The molecule has 5 rings (SSSR count). The minimum absolute atomic E-state index is 0.00179. The summed E-state index contributed by atoms with van der Waals surface area (Å²) in [6, 6.07) is 0. The van der Waals surface area contributed by atoms with Gasteiger partial charge in [0.25, 0.3) is 0 Å². The van der Waals surface area contributed by atoms with Crippen LogP contribution in [0, 0.1) is 34.0 Å². The Labute approximate surface area is 145 Å². The number of hydrogen-bond acceptors (Lipinski definition) is 3. The molecule has 24 heavy (non-hydrogen) atoms. The monoisotopic (exact) mass is 332 g/mol. The molecule has 3 nitrogen and oxygen atoms in total. The third-order valence-electron chi connectivity index (χ3n) is 8.68. The fraction of sp³-hybridized carbons (Fsp3) is 0.857. The molecule has 3 saturated carbocycles.